The molecule has 1 aliphatic heterocycles. The van der Waals surface area contributed by atoms with E-state index in [-0.39, 0.29) is 34.5 Å². The molecule has 0 radical (unpaired) electrons. The fourth-order valence-corrected chi connectivity index (χ4v) is 4.28. The van der Waals surface area contributed by atoms with Gasteiger partial charge in [0.1, 0.15) is 17.9 Å². The lowest BCUT2D eigenvalue weighted by Gasteiger charge is -2.36. The van der Waals surface area contributed by atoms with Gasteiger partial charge in [0.25, 0.3) is 0 Å². The van der Waals surface area contributed by atoms with Crippen LogP contribution in [-0.2, 0) is 4.84 Å². The standard InChI is InChI=1S/C22H27FN4O5/c1-4-32-25-16-7-8-26(11-17(16)24-2)19-15(23)9-13-18(21(19)31-3)27(12-5-6-12)10-14(20(13)28)22(29)30/h9-10,12,17,24H,4-8,11H2,1-3H3,(H,29,30)/b25-16-. The molecule has 9 nitrogen and oxygen atoms in total. The summed E-state index contributed by atoms with van der Waals surface area (Å²) in [7, 11) is 3.24. The minimum atomic E-state index is -1.33. The fourth-order valence-electron chi connectivity index (χ4n) is 4.28. The number of aromatic nitrogens is 1. The number of carboxylic acids is 1. The van der Waals surface area contributed by atoms with Gasteiger partial charge in [0, 0.05) is 31.7 Å². The van der Waals surface area contributed by atoms with E-state index in [1.54, 1.807) is 4.57 Å². The number of rotatable bonds is 7. The average molecular weight is 446 g/mol. The summed E-state index contributed by atoms with van der Waals surface area (Å²) in [5.41, 5.74) is 0.449. The number of carbonyl (C=O) groups is 1. The molecule has 2 aromatic rings. The first-order valence-corrected chi connectivity index (χ1v) is 10.7. The third-order valence-electron chi connectivity index (χ3n) is 5.99. The Balaban J connectivity index is 1.87. The number of oxime groups is 1. The van der Waals surface area contributed by atoms with Crippen LogP contribution in [0.5, 0.6) is 5.75 Å². The molecule has 1 aromatic heterocycles. The zero-order valence-electron chi connectivity index (χ0n) is 18.4. The summed E-state index contributed by atoms with van der Waals surface area (Å²) in [4.78, 5) is 31.5. The molecule has 1 aliphatic carbocycles. The molecule has 4 rings (SSSR count). The quantitative estimate of drug-likeness (QED) is 0.629. The molecule has 32 heavy (non-hydrogen) atoms. The number of piperidine rings is 1. The van der Waals surface area contributed by atoms with Crippen molar-refractivity contribution in [3.05, 3.63) is 33.9 Å². The van der Waals surface area contributed by atoms with E-state index in [0.717, 1.165) is 24.6 Å². The van der Waals surface area contributed by atoms with Crippen LogP contribution in [0.15, 0.2) is 22.2 Å². The van der Waals surface area contributed by atoms with E-state index in [9.17, 15) is 14.7 Å². The van der Waals surface area contributed by atoms with Gasteiger partial charge >= 0.3 is 5.97 Å². The Morgan fingerprint density at radius 2 is 2.16 bits per heavy atom. The molecule has 1 unspecified atom stereocenters. The number of carboxylic acid groups (broad SMARTS) is 1. The average Bonchev–Trinajstić information content (AvgIpc) is 3.62. The number of methoxy groups -OCH3 is 1. The summed E-state index contributed by atoms with van der Waals surface area (Å²) >= 11 is 0. The summed E-state index contributed by atoms with van der Waals surface area (Å²) in [6.45, 7) is 3.25. The van der Waals surface area contributed by atoms with Crippen LogP contribution in [0, 0.1) is 5.82 Å². The van der Waals surface area contributed by atoms with Crippen molar-refractivity contribution in [3.63, 3.8) is 0 Å². The van der Waals surface area contributed by atoms with Gasteiger partial charge < -0.3 is 29.5 Å². The first kappa shape index (κ1) is 22.1. The minimum absolute atomic E-state index is 0.00988. The first-order chi connectivity index (χ1) is 15.4. The van der Waals surface area contributed by atoms with Crippen LogP contribution in [0.2, 0.25) is 0 Å². The fraction of sp³-hybridized carbons (Fsp3) is 0.500. The summed E-state index contributed by atoms with van der Waals surface area (Å²) in [5, 5.41) is 16.9. The number of benzene rings is 1. The van der Waals surface area contributed by atoms with Crippen molar-refractivity contribution in [3.8, 4) is 5.75 Å². The van der Waals surface area contributed by atoms with Gasteiger partial charge in [-0.1, -0.05) is 5.16 Å². The Labute approximate surface area is 184 Å². The lowest BCUT2D eigenvalue weighted by molar-refractivity contribution is 0.0694. The summed E-state index contributed by atoms with van der Waals surface area (Å²) in [5.74, 6) is -1.72. The van der Waals surface area contributed by atoms with Crippen molar-refractivity contribution in [2.45, 2.75) is 38.3 Å². The van der Waals surface area contributed by atoms with Gasteiger partial charge in [0.05, 0.1) is 29.8 Å². The van der Waals surface area contributed by atoms with Crippen molar-refractivity contribution in [1.29, 1.82) is 0 Å². The monoisotopic (exact) mass is 446 g/mol. The number of nitrogens with one attached hydrogen (secondary N) is 1. The largest absolute Gasteiger partial charge is 0.492 e. The topological polar surface area (TPSA) is 105 Å². The SMILES string of the molecule is CCO/N=C1/CCN(c2c(F)cc3c(=O)c(C(=O)O)cn(C4CC4)c3c2OC)CC1NC. The highest BCUT2D eigenvalue weighted by Gasteiger charge is 2.33. The second kappa shape index (κ2) is 8.78. The molecule has 1 saturated heterocycles. The van der Waals surface area contributed by atoms with Gasteiger partial charge in [0.2, 0.25) is 5.43 Å². The van der Waals surface area contributed by atoms with Gasteiger partial charge in [-0.05, 0) is 32.9 Å². The van der Waals surface area contributed by atoms with Crippen molar-refractivity contribution in [1.82, 2.24) is 9.88 Å². The maximum atomic E-state index is 15.5. The van der Waals surface area contributed by atoms with E-state index in [2.05, 4.69) is 10.5 Å². The smallest absolute Gasteiger partial charge is 0.341 e. The highest BCUT2D eigenvalue weighted by Crippen LogP contribution is 2.44. The van der Waals surface area contributed by atoms with Gasteiger partial charge in [-0.25, -0.2) is 9.18 Å². The Hall–Kier alpha value is -3.14. The van der Waals surface area contributed by atoms with Crippen LogP contribution in [0.3, 0.4) is 0 Å². The summed E-state index contributed by atoms with van der Waals surface area (Å²) in [6, 6.07) is 1.05. The van der Waals surface area contributed by atoms with Crippen LogP contribution in [0.4, 0.5) is 10.1 Å². The number of nitrogens with zero attached hydrogens (tertiary/aromatic N) is 3. The van der Waals surface area contributed by atoms with Gasteiger partial charge in [-0.2, -0.15) is 0 Å². The predicted octanol–water partition coefficient (Wildman–Crippen LogP) is 2.37. The number of pyridine rings is 1. The number of hydrogen-bond acceptors (Lipinski definition) is 7. The molecule has 0 bridgehead atoms. The molecule has 2 N–H and O–H groups in total. The van der Waals surface area contributed by atoms with Crippen LogP contribution >= 0.6 is 0 Å². The van der Waals surface area contributed by atoms with E-state index in [1.165, 1.54) is 13.3 Å². The lowest BCUT2D eigenvalue weighted by atomic mass is 10.0. The van der Waals surface area contributed by atoms with Crippen LogP contribution < -0.4 is 20.4 Å². The van der Waals surface area contributed by atoms with Crippen LogP contribution in [0.25, 0.3) is 10.9 Å². The zero-order chi connectivity index (χ0) is 23.0. The molecule has 2 fully saturated rings. The third-order valence-corrected chi connectivity index (χ3v) is 5.99. The highest BCUT2D eigenvalue weighted by molar-refractivity contribution is 5.98. The zero-order valence-corrected chi connectivity index (χ0v) is 18.4. The Morgan fingerprint density at radius 3 is 2.75 bits per heavy atom. The second-order valence-corrected chi connectivity index (χ2v) is 7.99. The van der Waals surface area contributed by atoms with Gasteiger partial charge in [0.15, 0.2) is 11.6 Å². The summed E-state index contributed by atoms with van der Waals surface area (Å²) < 4.78 is 22.9. The Morgan fingerprint density at radius 1 is 1.41 bits per heavy atom. The van der Waals surface area contributed by atoms with E-state index in [4.69, 9.17) is 9.57 Å². The molecule has 2 heterocycles. The molecule has 10 heteroatoms. The maximum absolute atomic E-state index is 15.5. The van der Waals surface area contributed by atoms with Gasteiger partial charge in [-0.3, -0.25) is 4.79 Å². The summed E-state index contributed by atoms with van der Waals surface area (Å²) in [6.07, 6.45) is 3.64. The molecule has 172 valence electrons. The number of halogens is 1. The molecular formula is C22H27FN4O5. The van der Waals surface area contributed by atoms with Crippen molar-refractivity contribution >= 4 is 28.3 Å². The molecular weight excluding hydrogens is 419 g/mol. The van der Waals surface area contributed by atoms with E-state index < -0.39 is 17.2 Å². The van der Waals surface area contributed by atoms with Crippen molar-refractivity contribution in [2.24, 2.45) is 5.16 Å². The van der Waals surface area contributed by atoms with E-state index >= 15 is 4.39 Å². The molecule has 0 amide bonds. The molecule has 0 spiro atoms. The highest BCUT2D eigenvalue weighted by atomic mass is 19.1. The number of fused-ring (bicyclic) bond motifs is 1. The minimum Gasteiger partial charge on any atom is -0.492 e. The Bertz CT molecular complexity index is 1140. The lowest BCUT2D eigenvalue weighted by Crippen LogP contribution is -2.51. The number of ether oxygens (including phenoxy) is 1. The molecule has 1 aromatic carbocycles. The number of hydrogen-bond donors (Lipinski definition) is 2. The van der Waals surface area contributed by atoms with Crippen molar-refractivity contribution in [2.75, 3.05) is 38.8 Å². The normalized spacial score (nSPS) is 20.1. The number of likely N-dealkylation sites (N-methyl/N-ethyl adjacent to an activating group) is 1. The number of aromatic carboxylic acids is 1. The van der Waals surface area contributed by atoms with Crippen LogP contribution in [0.1, 0.15) is 42.6 Å². The molecule has 1 saturated carbocycles. The maximum Gasteiger partial charge on any atom is 0.341 e. The first-order valence-electron chi connectivity index (χ1n) is 10.7. The molecule has 1 atom stereocenters. The van der Waals surface area contributed by atoms with E-state index in [0.29, 0.717) is 31.6 Å². The number of anilines is 1. The predicted molar refractivity (Wildman–Crippen MR) is 119 cm³/mol. The van der Waals surface area contributed by atoms with Crippen LogP contribution in [-0.4, -0.2) is 61.3 Å². The Kier molecular flexibility index (Phi) is 6.05. The van der Waals surface area contributed by atoms with E-state index in [1.807, 2.05) is 18.9 Å². The second-order valence-electron chi connectivity index (χ2n) is 7.99. The van der Waals surface area contributed by atoms with Gasteiger partial charge in [-0.15, -0.1) is 0 Å². The third kappa shape index (κ3) is 3.79. The van der Waals surface area contributed by atoms with Crippen molar-refractivity contribution < 1.29 is 23.9 Å². The molecule has 2 aliphatic rings.